The van der Waals surface area contributed by atoms with Crippen molar-refractivity contribution in [2.45, 2.75) is 0 Å². The number of benzene rings is 1. The van der Waals surface area contributed by atoms with Crippen molar-refractivity contribution in [1.29, 1.82) is 0 Å². The van der Waals surface area contributed by atoms with Gasteiger partial charge in [-0.3, -0.25) is 0 Å². The SMILES string of the molecule is COC(=O)c1ccc(N2CCN(C(=O)O)CC2)cc1Br. The Bertz CT molecular complexity index is 527. The first-order chi connectivity index (χ1) is 9.52. The molecule has 1 aromatic rings. The largest absolute Gasteiger partial charge is 0.465 e. The number of halogens is 1. The van der Waals surface area contributed by atoms with Gasteiger partial charge >= 0.3 is 12.1 Å². The smallest absolute Gasteiger partial charge is 0.407 e. The van der Waals surface area contributed by atoms with Crippen LogP contribution in [0.15, 0.2) is 22.7 Å². The number of piperazine rings is 1. The number of amides is 1. The van der Waals surface area contributed by atoms with Crippen LogP contribution in [0, 0.1) is 0 Å². The molecule has 1 amide bonds. The third-order valence-corrected chi connectivity index (χ3v) is 3.93. The maximum absolute atomic E-state index is 11.5. The van der Waals surface area contributed by atoms with Crippen molar-refractivity contribution >= 4 is 33.7 Å². The second-order valence-corrected chi connectivity index (χ2v) is 5.27. The Kier molecular flexibility index (Phi) is 4.49. The van der Waals surface area contributed by atoms with Crippen LogP contribution >= 0.6 is 15.9 Å². The normalized spacial score (nSPS) is 15.1. The van der Waals surface area contributed by atoms with E-state index >= 15 is 0 Å². The number of carboxylic acid groups (broad SMARTS) is 1. The molecular weight excluding hydrogens is 328 g/mol. The van der Waals surface area contributed by atoms with Crippen LogP contribution in [-0.2, 0) is 4.74 Å². The number of nitrogens with zero attached hydrogens (tertiary/aromatic N) is 2. The molecule has 0 spiro atoms. The Morgan fingerprint density at radius 1 is 1.25 bits per heavy atom. The molecule has 0 saturated carbocycles. The summed E-state index contributed by atoms with van der Waals surface area (Å²) in [5.41, 5.74) is 1.43. The van der Waals surface area contributed by atoms with Gasteiger partial charge in [0.2, 0.25) is 0 Å². The van der Waals surface area contributed by atoms with E-state index in [-0.39, 0.29) is 5.97 Å². The Morgan fingerprint density at radius 3 is 2.40 bits per heavy atom. The van der Waals surface area contributed by atoms with Crippen LogP contribution in [-0.4, -0.2) is 55.4 Å². The summed E-state index contributed by atoms with van der Waals surface area (Å²) in [7, 11) is 1.34. The molecule has 0 radical (unpaired) electrons. The van der Waals surface area contributed by atoms with Crippen LogP contribution in [0.5, 0.6) is 0 Å². The average molecular weight is 343 g/mol. The maximum Gasteiger partial charge on any atom is 0.407 e. The molecule has 20 heavy (non-hydrogen) atoms. The summed E-state index contributed by atoms with van der Waals surface area (Å²) < 4.78 is 5.36. The summed E-state index contributed by atoms with van der Waals surface area (Å²) in [6.45, 7) is 2.23. The molecule has 0 bridgehead atoms. The van der Waals surface area contributed by atoms with Crippen molar-refractivity contribution in [2.24, 2.45) is 0 Å². The summed E-state index contributed by atoms with van der Waals surface area (Å²) >= 11 is 3.36. The highest BCUT2D eigenvalue weighted by Gasteiger charge is 2.21. The highest BCUT2D eigenvalue weighted by atomic mass is 79.9. The zero-order valence-corrected chi connectivity index (χ0v) is 12.6. The zero-order valence-electron chi connectivity index (χ0n) is 11.0. The number of hydrogen-bond donors (Lipinski definition) is 1. The van der Waals surface area contributed by atoms with Gasteiger partial charge < -0.3 is 19.6 Å². The minimum Gasteiger partial charge on any atom is -0.465 e. The molecule has 0 aromatic heterocycles. The fourth-order valence-corrected chi connectivity index (χ4v) is 2.66. The quantitative estimate of drug-likeness (QED) is 0.833. The van der Waals surface area contributed by atoms with E-state index in [0.717, 1.165) is 5.69 Å². The van der Waals surface area contributed by atoms with E-state index < -0.39 is 6.09 Å². The van der Waals surface area contributed by atoms with Gasteiger partial charge in [0, 0.05) is 36.3 Å². The van der Waals surface area contributed by atoms with Gasteiger partial charge in [-0.1, -0.05) is 0 Å². The number of carbonyl (C=O) groups is 2. The second-order valence-electron chi connectivity index (χ2n) is 4.41. The van der Waals surface area contributed by atoms with Gasteiger partial charge in [0.25, 0.3) is 0 Å². The first-order valence-corrected chi connectivity index (χ1v) is 6.93. The van der Waals surface area contributed by atoms with Crippen molar-refractivity contribution < 1.29 is 19.4 Å². The Balaban J connectivity index is 2.09. The van der Waals surface area contributed by atoms with E-state index in [1.54, 1.807) is 6.07 Å². The van der Waals surface area contributed by atoms with Crippen LogP contribution in [0.3, 0.4) is 0 Å². The molecule has 1 aromatic carbocycles. The van der Waals surface area contributed by atoms with Gasteiger partial charge in [0.05, 0.1) is 12.7 Å². The molecule has 1 saturated heterocycles. The molecule has 0 aliphatic carbocycles. The Morgan fingerprint density at radius 2 is 1.90 bits per heavy atom. The molecular formula is C13H15BrN2O4. The Labute approximate surface area is 125 Å². The van der Waals surface area contributed by atoms with E-state index in [2.05, 4.69) is 25.6 Å². The third-order valence-electron chi connectivity index (χ3n) is 3.27. The van der Waals surface area contributed by atoms with E-state index in [4.69, 9.17) is 5.11 Å². The van der Waals surface area contributed by atoms with Gasteiger partial charge in [-0.15, -0.1) is 0 Å². The van der Waals surface area contributed by atoms with Crippen molar-refractivity contribution in [3.05, 3.63) is 28.2 Å². The number of anilines is 1. The highest BCUT2D eigenvalue weighted by Crippen LogP contribution is 2.25. The number of carbonyl (C=O) groups excluding carboxylic acids is 1. The predicted octanol–water partition coefficient (Wildman–Crippen LogP) is 2.04. The zero-order chi connectivity index (χ0) is 14.7. The number of rotatable bonds is 2. The van der Waals surface area contributed by atoms with Gasteiger partial charge in [-0.05, 0) is 34.1 Å². The van der Waals surface area contributed by atoms with Gasteiger partial charge in [0.15, 0.2) is 0 Å². The van der Waals surface area contributed by atoms with Crippen molar-refractivity contribution in [3.63, 3.8) is 0 Å². The lowest BCUT2D eigenvalue weighted by molar-refractivity contribution is 0.0599. The summed E-state index contributed by atoms with van der Waals surface area (Å²) in [5.74, 6) is -0.390. The molecule has 2 rings (SSSR count). The lowest BCUT2D eigenvalue weighted by Crippen LogP contribution is -2.48. The van der Waals surface area contributed by atoms with Gasteiger partial charge in [0.1, 0.15) is 0 Å². The lowest BCUT2D eigenvalue weighted by Gasteiger charge is -2.34. The maximum atomic E-state index is 11.5. The number of ether oxygens (including phenoxy) is 1. The molecule has 1 fully saturated rings. The molecule has 0 unspecified atom stereocenters. The summed E-state index contributed by atoms with van der Waals surface area (Å²) in [6.07, 6.45) is -0.883. The highest BCUT2D eigenvalue weighted by molar-refractivity contribution is 9.10. The minimum atomic E-state index is -0.883. The fourth-order valence-electron chi connectivity index (χ4n) is 2.13. The van der Waals surface area contributed by atoms with Crippen LogP contribution in [0.2, 0.25) is 0 Å². The molecule has 7 heteroatoms. The fraction of sp³-hybridized carbons (Fsp3) is 0.385. The lowest BCUT2D eigenvalue weighted by atomic mass is 10.2. The molecule has 1 aliphatic heterocycles. The van der Waals surface area contributed by atoms with Crippen LogP contribution in [0.4, 0.5) is 10.5 Å². The summed E-state index contributed by atoms with van der Waals surface area (Å²) in [6, 6.07) is 5.39. The monoisotopic (exact) mass is 342 g/mol. The standard InChI is InChI=1S/C13H15BrN2O4/c1-20-12(17)10-3-2-9(8-11(10)14)15-4-6-16(7-5-15)13(18)19/h2-3,8H,4-7H2,1H3,(H,18,19). The van der Waals surface area contributed by atoms with Crippen LogP contribution in [0.1, 0.15) is 10.4 Å². The molecule has 0 atom stereocenters. The van der Waals surface area contributed by atoms with E-state index in [9.17, 15) is 9.59 Å². The second kappa shape index (κ2) is 6.13. The molecule has 1 aliphatic rings. The summed E-state index contributed by atoms with van der Waals surface area (Å²) in [5, 5.41) is 8.91. The number of methoxy groups -OCH3 is 1. The van der Waals surface area contributed by atoms with E-state index in [0.29, 0.717) is 36.2 Å². The number of esters is 1. The first-order valence-electron chi connectivity index (χ1n) is 6.13. The molecule has 1 heterocycles. The van der Waals surface area contributed by atoms with Crippen molar-refractivity contribution in [3.8, 4) is 0 Å². The summed E-state index contributed by atoms with van der Waals surface area (Å²) in [4.78, 5) is 25.8. The van der Waals surface area contributed by atoms with Crippen molar-refractivity contribution in [1.82, 2.24) is 4.90 Å². The van der Waals surface area contributed by atoms with E-state index in [1.165, 1.54) is 12.0 Å². The Hall–Kier alpha value is -1.76. The van der Waals surface area contributed by atoms with Gasteiger partial charge in [-0.25, -0.2) is 9.59 Å². The van der Waals surface area contributed by atoms with Crippen LogP contribution < -0.4 is 4.90 Å². The van der Waals surface area contributed by atoms with Crippen molar-refractivity contribution in [2.75, 3.05) is 38.2 Å². The number of hydrogen-bond acceptors (Lipinski definition) is 4. The molecule has 1 N–H and O–H groups in total. The van der Waals surface area contributed by atoms with Crippen LogP contribution in [0.25, 0.3) is 0 Å². The average Bonchev–Trinajstić information content (AvgIpc) is 2.46. The third kappa shape index (κ3) is 3.04. The molecule has 6 nitrogen and oxygen atoms in total. The topological polar surface area (TPSA) is 70.1 Å². The van der Waals surface area contributed by atoms with Gasteiger partial charge in [-0.2, -0.15) is 0 Å². The molecule has 108 valence electrons. The first kappa shape index (κ1) is 14.6. The van der Waals surface area contributed by atoms with E-state index in [1.807, 2.05) is 12.1 Å². The minimum absolute atomic E-state index is 0.390. The predicted molar refractivity (Wildman–Crippen MR) is 77.3 cm³/mol.